The van der Waals surface area contributed by atoms with Crippen molar-refractivity contribution in [2.45, 2.75) is 28.6 Å². The molecule has 1 N–H and O–H groups in total. The molecule has 0 aromatic heterocycles. The van der Waals surface area contributed by atoms with Gasteiger partial charge in [0.25, 0.3) is 0 Å². The van der Waals surface area contributed by atoms with E-state index < -0.39 is 49.6 Å². The summed E-state index contributed by atoms with van der Waals surface area (Å²) < 4.78 is 106. The Bertz CT molecular complexity index is 1140. The number of rotatable bonds is 5. The van der Waals surface area contributed by atoms with Crippen molar-refractivity contribution in [2.75, 3.05) is 0 Å². The maximum absolute atomic E-state index is 13.4. The molecule has 0 radical (unpaired) electrons. The Balaban J connectivity index is 2.26. The van der Waals surface area contributed by atoms with Crippen LogP contribution in [0.2, 0.25) is 0 Å². The fourth-order valence-electron chi connectivity index (χ4n) is 3.24. The van der Waals surface area contributed by atoms with E-state index in [0.717, 1.165) is 0 Å². The largest absolute Gasteiger partial charge is 0.416 e. The summed E-state index contributed by atoms with van der Waals surface area (Å²) in [5, 5.41) is 9.01. The number of hydrogen-bond acceptors (Lipinski definition) is 3. The monoisotopic (exact) mass is 474 g/mol. The standard InChI is InChI=1S/C22H16F6O3S/c23-21(24,25)16-11-17(22(26,27)28)13-18(12-16)32(30,31)20(15-9-5-2-6-10-15)19(29)14-7-3-1-4-8-14/h1-13,19-20,29H/t19-,20+/m1/s1. The van der Waals surface area contributed by atoms with Gasteiger partial charge in [0.15, 0.2) is 9.84 Å². The number of sulfone groups is 1. The van der Waals surface area contributed by atoms with E-state index in [-0.39, 0.29) is 29.3 Å². The van der Waals surface area contributed by atoms with Crippen LogP contribution in [0.25, 0.3) is 0 Å². The summed E-state index contributed by atoms with van der Waals surface area (Å²) in [5.74, 6) is 0. The Morgan fingerprint density at radius 3 is 1.47 bits per heavy atom. The van der Waals surface area contributed by atoms with Crippen LogP contribution in [0.15, 0.2) is 83.8 Å². The predicted octanol–water partition coefficient (Wildman–Crippen LogP) is 5.97. The van der Waals surface area contributed by atoms with Gasteiger partial charge in [-0.3, -0.25) is 0 Å². The summed E-state index contributed by atoms with van der Waals surface area (Å²) in [4.78, 5) is -1.19. The first-order valence-corrected chi connectivity index (χ1v) is 10.7. The first kappa shape index (κ1) is 23.8. The molecule has 3 aromatic carbocycles. The lowest BCUT2D eigenvalue weighted by Gasteiger charge is -2.25. The third-order valence-electron chi connectivity index (χ3n) is 4.78. The van der Waals surface area contributed by atoms with Gasteiger partial charge in [-0.15, -0.1) is 0 Å². The van der Waals surface area contributed by atoms with Crippen molar-refractivity contribution in [3.63, 3.8) is 0 Å². The lowest BCUT2D eigenvalue weighted by molar-refractivity contribution is -0.143. The molecule has 0 saturated carbocycles. The normalized spacial score (nSPS) is 14.7. The second kappa shape index (κ2) is 8.59. The molecule has 0 heterocycles. The van der Waals surface area contributed by atoms with Crippen molar-refractivity contribution in [3.05, 3.63) is 101 Å². The Morgan fingerprint density at radius 2 is 1.06 bits per heavy atom. The van der Waals surface area contributed by atoms with Crippen LogP contribution in [-0.2, 0) is 22.2 Å². The van der Waals surface area contributed by atoms with Crippen molar-refractivity contribution in [3.8, 4) is 0 Å². The van der Waals surface area contributed by atoms with Gasteiger partial charge in [-0.1, -0.05) is 60.7 Å². The fraction of sp³-hybridized carbons (Fsp3) is 0.182. The van der Waals surface area contributed by atoms with E-state index in [4.69, 9.17) is 0 Å². The van der Waals surface area contributed by atoms with Gasteiger partial charge in [-0.25, -0.2) is 8.42 Å². The first-order valence-electron chi connectivity index (χ1n) is 9.13. The van der Waals surface area contributed by atoms with Crippen molar-refractivity contribution < 1.29 is 39.9 Å². The van der Waals surface area contributed by atoms with Crippen LogP contribution in [0, 0.1) is 0 Å². The fourth-order valence-corrected chi connectivity index (χ4v) is 5.12. The molecule has 3 nitrogen and oxygen atoms in total. The average molecular weight is 474 g/mol. The van der Waals surface area contributed by atoms with Gasteiger partial charge in [0.05, 0.1) is 16.0 Å². The highest BCUT2D eigenvalue weighted by Gasteiger charge is 2.41. The molecule has 3 rings (SSSR count). The molecule has 0 spiro atoms. The summed E-state index contributed by atoms with van der Waals surface area (Å²) in [6, 6.07) is 14.7. The van der Waals surface area contributed by atoms with Gasteiger partial charge < -0.3 is 5.11 Å². The highest BCUT2D eigenvalue weighted by atomic mass is 32.2. The number of aliphatic hydroxyl groups excluding tert-OH is 1. The van der Waals surface area contributed by atoms with Crippen LogP contribution in [0.3, 0.4) is 0 Å². The van der Waals surface area contributed by atoms with Crippen LogP contribution in [0.5, 0.6) is 0 Å². The van der Waals surface area contributed by atoms with Gasteiger partial charge in [0, 0.05) is 0 Å². The molecule has 0 aliphatic heterocycles. The molecule has 0 saturated heterocycles. The van der Waals surface area contributed by atoms with Gasteiger partial charge >= 0.3 is 12.4 Å². The molecule has 0 amide bonds. The summed E-state index contributed by atoms with van der Waals surface area (Å²) >= 11 is 0. The lowest BCUT2D eigenvalue weighted by atomic mass is 10.0. The van der Waals surface area contributed by atoms with E-state index in [9.17, 15) is 39.9 Å². The molecule has 0 unspecified atom stereocenters. The smallest absolute Gasteiger partial charge is 0.387 e. The SMILES string of the molecule is O=S(=O)(c1cc(C(F)(F)F)cc(C(F)(F)F)c1)[C@@H](c1ccccc1)[C@H](O)c1ccccc1. The van der Waals surface area contributed by atoms with Crippen molar-refractivity contribution in [1.29, 1.82) is 0 Å². The minimum absolute atomic E-state index is 0.00910. The number of halogens is 6. The molecule has 0 aliphatic rings. The van der Waals surface area contributed by atoms with E-state index in [2.05, 4.69) is 0 Å². The second-order valence-corrected chi connectivity index (χ2v) is 9.04. The molecule has 32 heavy (non-hydrogen) atoms. The molecular formula is C22H16F6O3S. The number of aliphatic hydroxyl groups is 1. The van der Waals surface area contributed by atoms with Crippen LogP contribution >= 0.6 is 0 Å². The average Bonchev–Trinajstić information content (AvgIpc) is 2.73. The zero-order valence-corrected chi connectivity index (χ0v) is 16.9. The number of alkyl halides is 6. The van der Waals surface area contributed by atoms with Crippen LogP contribution < -0.4 is 0 Å². The first-order chi connectivity index (χ1) is 14.8. The topological polar surface area (TPSA) is 54.4 Å². The van der Waals surface area contributed by atoms with Crippen LogP contribution in [0.4, 0.5) is 26.3 Å². The van der Waals surface area contributed by atoms with E-state index in [1.165, 1.54) is 48.5 Å². The molecule has 3 aromatic rings. The van der Waals surface area contributed by atoms with Crippen molar-refractivity contribution in [2.24, 2.45) is 0 Å². The van der Waals surface area contributed by atoms with E-state index in [1.54, 1.807) is 12.1 Å². The van der Waals surface area contributed by atoms with Crippen molar-refractivity contribution >= 4 is 9.84 Å². The maximum Gasteiger partial charge on any atom is 0.416 e. The maximum atomic E-state index is 13.4. The molecule has 10 heteroatoms. The quantitative estimate of drug-likeness (QED) is 0.464. The molecule has 170 valence electrons. The van der Waals surface area contributed by atoms with Crippen molar-refractivity contribution in [1.82, 2.24) is 0 Å². The van der Waals surface area contributed by atoms with E-state index in [1.807, 2.05) is 0 Å². The Kier molecular flexibility index (Phi) is 6.39. The summed E-state index contributed by atoms with van der Waals surface area (Å²) in [6.07, 6.45) is -12.2. The van der Waals surface area contributed by atoms with Crippen LogP contribution in [-0.4, -0.2) is 13.5 Å². The molecule has 0 aliphatic carbocycles. The minimum atomic E-state index is -5.22. The zero-order valence-electron chi connectivity index (χ0n) is 16.1. The minimum Gasteiger partial charge on any atom is -0.387 e. The number of benzene rings is 3. The molecule has 0 bridgehead atoms. The van der Waals surface area contributed by atoms with E-state index in [0.29, 0.717) is 0 Å². The Morgan fingerprint density at radius 1 is 0.656 bits per heavy atom. The third-order valence-corrected chi connectivity index (χ3v) is 6.87. The zero-order chi connectivity index (χ0) is 23.7. The summed E-state index contributed by atoms with van der Waals surface area (Å²) in [5.41, 5.74) is -3.37. The Labute approximate surface area is 179 Å². The molecule has 0 fully saturated rings. The second-order valence-electron chi connectivity index (χ2n) is 6.97. The predicted molar refractivity (Wildman–Crippen MR) is 104 cm³/mol. The van der Waals surface area contributed by atoms with E-state index >= 15 is 0 Å². The molecular weight excluding hydrogens is 458 g/mol. The third kappa shape index (κ3) is 4.97. The highest BCUT2D eigenvalue weighted by molar-refractivity contribution is 7.91. The number of hydrogen-bond donors (Lipinski definition) is 1. The summed E-state index contributed by atoms with van der Waals surface area (Å²) in [7, 11) is -4.92. The van der Waals surface area contributed by atoms with Gasteiger partial charge in [0.2, 0.25) is 0 Å². The molecule has 2 atom stereocenters. The van der Waals surface area contributed by atoms with Gasteiger partial charge in [0.1, 0.15) is 11.4 Å². The van der Waals surface area contributed by atoms with Gasteiger partial charge in [-0.2, -0.15) is 26.3 Å². The summed E-state index contributed by atoms with van der Waals surface area (Å²) in [6.45, 7) is 0. The lowest BCUT2D eigenvalue weighted by Crippen LogP contribution is -2.22. The Hall–Kier alpha value is -2.85. The highest BCUT2D eigenvalue weighted by Crippen LogP contribution is 2.43. The van der Waals surface area contributed by atoms with Crippen LogP contribution in [0.1, 0.15) is 33.6 Å². The van der Waals surface area contributed by atoms with Gasteiger partial charge in [-0.05, 0) is 29.3 Å².